The van der Waals surface area contributed by atoms with Gasteiger partial charge in [-0.25, -0.2) is 9.97 Å². The minimum atomic E-state index is 0.157. The number of benzene rings is 1. The van der Waals surface area contributed by atoms with Gasteiger partial charge in [-0.3, -0.25) is 5.14 Å². The zero-order valence-corrected chi connectivity index (χ0v) is 15.6. The van der Waals surface area contributed by atoms with Gasteiger partial charge in [-0.1, -0.05) is 0 Å². The largest absolute Gasteiger partial charge is 0.356 e. The summed E-state index contributed by atoms with van der Waals surface area (Å²) in [6, 6.07) is 14.3. The Morgan fingerprint density at radius 3 is 2.63 bits per heavy atom. The third kappa shape index (κ3) is 3.82. The molecule has 1 aromatic carbocycles. The van der Waals surface area contributed by atoms with Crippen LogP contribution in [0.4, 0.5) is 17.3 Å². The molecule has 0 bridgehead atoms. The molecule has 7 heteroatoms. The van der Waals surface area contributed by atoms with Gasteiger partial charge in [0.15, 0.2) is 0 Å². The summed E-state index contributed by atoms with van der Waals surface area (Å²) >= 11 is 1.23. The van der Waals surface area contributed by atoms with E-state index in [0.717, 1.165) is 58.9 Å². The average molecular weight is 376 g/mol. The second kappa shape index (κ2) is 7.82. The third-order valence-corrected chi connectivity index (χ3v) is 5.41. The molecular formula is C20H20N6S. The highest BCUT2D eigenvalue weighted by atomic mass is 32.2. The third-order valence-electron chi connectivity index (χ3n) is 4.87. The molecular weight excluding hydrogens is 356 g/mol. The van der Waals surface area contributed by atoms with E-state index in [9.17, 15) is 0 Å². The van der Waals surface area contributed by atoms with Crippen LogP contribution >= 0.6 is 11.9 Å². The zero-order valence-electron chi connectivity index (χ0n) is 14.8. The Kier molecular flexibility index (Phi) is 5.10. The molecule has 0 unspecified atom stereocenters. The van der Waals surface area contributed by atoms with E-state index in [2.05, 4.69) is 26.3 Å². The van der Waals surface area contributed by atoms with Crippen LogP contribution in [0.5, 0.6) is 0 Å². The topological polar surface area (TPSA) is 90.9 Å². The van der Waals surface area contributed by atoms with Crippen molar-refractivity contribution >= 4 is 40.0 Å². The smallest absolute Gasteiger partial charge is 0.136 e. The summed E-state index contributed by atoms with van der Waals surface area (Å²) in [5.74, 6) is 1.89. The fourth-order valence-corrected chi connectivity index (χ4v) is 3.65. The molecule has 0 amide bonds. The lowest BCUT2D eigenvalue weighted by Crippen LogP contribution is -2.33. The van der Waals surface area contributed by atoms with Crippen LogP contribution in [-0.4, -0.2) is 23.1 Å². The summed E-state index contributed by atoms with van der Waals surface area (Å²) in [6.07, 6.45) is 5.47. The van der Waals surface area contributed by atoms with Crippen molar-refractivity contribution in [2.75, 3.05) is 23.3 Å². The fraction of sp³-hybridized carbons (Fsp3) is 0.250. The molecule has 0 saturated carbocycles. The predicted molar refractivity (Wildman–Crippen MR) is 110 cm³/mol. The molecule has 4 rings (SSSR count). The Morgan fingerprint density at radius 2 is 1.93 bits per heavy atom. The Labute approximate surface area is 162 Å². The van der Waals surface area contributed by atoms with E-state index in [4.69, 9.17) is 10.4 Å². The van der Waals surface area contributed by atoms with Crippen LogP contribution in [0.25, 0.3) is 10.8 Å². The number of piperidine rings is 1. The van der Waals surface area contributed by atoms with Crippen molar-refractivity contribution in [3.05, 3.63) is 48.8 Å². The van der Waals surface area contributed by atoms with Gasteiger partial charge in [0.1, 0.15) is 11.6 Å². The van der Waals surface area contributed by atoms with Crippen LogP contribution in [0, 0.1) is 17.2 Å². The summed E-state index contributed by atoms with van der Waals surface area (Å²) in [5.41, 5.74) is 0.958. The van der Waals surface area contributed by atoms with Gasteiger partial charge in [0.2, 0.25) is 0 Å². The highest BCUT2D eigenvalue weighted by Crippen LogP contribution is 2.30. The Morgan fingerprint density at radius 1 is 1.15 bits per heavy atom. The Hall–Kier alpha value is -2.82. The van der Waals surface area contributed by atoms with Crippen molar-refractivity contribution in [3.8, 4) is 6.07 Å². The van der Waals surface area contributed by atoms with Crippen LogP contribution in [0.15, 0.2) is 53.7 Å². The first-order valence-electron chi connectivity index (χ1n) is 8.90. The quantitative estimate of drug-likeness (QED) is 0.663. The van der Waals surface area contributed by atoms with Gasteiger partial charge in [0.25, 0.3) is 0 Å². The molecule has 1 saturated heterocycles. The minimum absolute atomic E-state index is 0.157. The number of nitrogens with one attached hydrogen (secondary N) is 1. The van der Waals surface area contributed by atoms with Crippen molar-refractivity contribution < 1.29 is 0 Å². The minimum Gasteiger partial charge on any atom is -0.356 e. The second-order valence-corrected chi connectivity index (χ2v) is 7.29. The summed E-state index contributed by atoms with van der Waals surface area (Å²) < 4.78 is 0. The van der Waals surface area contributed by atoms with Crippen molar-refractivity contribution in [2.45, 2.75) is 17.7 Å². The maximum atomic E-state index is 9.12. The van der Waals surface area contributed by atoms with E-state index >= 15 is 0 Å². The molecule has 3 aromatic rings. The SMILES string of the molecule is N#CC1CCN(c2nccc3cnc(Nc4ccc(SN)cc4)cc23)CC1. The van der Waals surface area contributed by atoms with Gasteiger partial charge >= 0.3 is 0 Å². The van der Waals surface area contributed by atoms with E-state index in [1.165, 1.54) is 11.9 Å². The molecule has 3 N–H and O–H groups in total. The van der Waals surface area contributed by atoms with Crippen molar-refractivity contribution in [1.82, 2.24) is 9.97 Å². The zero-order chi connectivity index (χ0) is 18.6. The number of rotatable bonds is 4. The van der Waals surface area contributed by atoms with Gasteiger partial charge in [0.05, 0.1) is 6.07 Å². The molecule has 1 fully saturated rings. The first-order chi connectivity index (χ1) is 13.3. The number of nitrogens with zero attached hydrogens (tertiary/aromatic N) is 4. The van der Waals surface area contributed by atoms with Crippen LogP contribution in [0.3, 0.4) is 0 Å². The highest BCUT2D eigenvalue weighted by molar-refractivity contribution is 7.97. The molecule has 0 radical (unpaired) electrons. The van der Waals surface area contributed by atoms with E-state index < -0.39 is 0 Å². The lowest BCUT2D eigenvalue weighted by atomic mass is 9.98. The van der Waals surface area contributed by atoms with Crippen molar-refractivity contribution in [2.24, 2.45) is 11.1 Å². The molecule has 3 heterocycles. The number of fused-ring (bicyclic) bond motifs is 1. The molecule has 1 aliphatic heterocycles. The molecule has 6 nitrogen and oxygen atoms in total. The van der Waals surface area contributed by atoms with E-state index in [0.29, 0.717) is 0 Å². The first kappa shape index (κ1) is 17.6. The standard InChI is InChI=1S/C20H20N6S/c21-12-14-6-9-26(10-7-14)20-18-11-19(24-13-15(18)5-8-23-20)25-16-1-3-17(27-22)4-2-16/h1-5,8,11,13-14H,6-7,9-10,22H2,(H,24,25). The normalized spacial score (nSPS) is 14.9. The fourth-order valence-electron chi connectivity index (χ4n) is 3.36. The summed E-state index contributed by atoms with van der Waals surface area (Å²) in [6.45, 7) is 1.71. The summed E-state index contributed by atoms with van der Waals surface area (Å²) in [7, 11) is 0. The van der Waals surface area contributed by atoms with Crippen LogP contribution in [0.1, 0.15) is 12.8 Å². The number of hydrogen-bond donors (Lipinski definition) is 2. The average Bonchev–Trinajstić information content (AvgIpc) is 2.74. The molecule has 0 spiro atoms. The summed E-state index contributed by atoms with van der Waals surface area (Å²) in [5, 5.41) is 20.2. The first-order valence-corrected chi connectivity index (χ1v) is 9.78. The van der Waals surface area contributed by atoms with Crippen LogP contribution in [-0.2, 0) is 0 Å². The molecule has 136 valence electrons. The van der Waals surface area contributed by atoms with Crippen LogP contribution < -0.4 is 15.4 Å². The number of anilines is 3. The maximum Gasteiger partial charge on any atom is 0.136 e. The predicted octanol–water partition coefficient (Wildman–Crippen LogP) is 4.08. The lowest BCUT2D eigenvalue weighted by molar-refractivity contribution is 0.486. The number of nitriles is 1. The Balaban J connectivity index is 1.61. The van der Waals surface area contributed by atoms with E-state index in [1.54, 1.807) is 0 Å². The van der Waals surface area contributed by atoms with Gasteiger partial charge in [-0.05, 0) is 61.2 Å². The number of hydrogen-bond acceptors (Lipinski definition) is 7. The lowest BCUT2D eigenvalue weighted by Gasteiger charge is -2.30. The van der Waals surface area contributed by atoms with Gasteiger partial charge < -0.3 is 10.2 Å². The highest BCUT2D eigenvalue weighted by Gasteiger charge is 2.21. The van der Waals surface area contributed by atoms with Gasteiger partial charge in [0, 0.05) is 52.8 Å². The van der Waals surface area contributed by atoms with E-state index in [1.807, 2.05) is 48.8 Å². The van der Waals surface area contributed by atoms with Crippen LogP contribution in [0.2, 0.25) is 0 Å². The second-order valence-electron chi connectivity index (χ2n) is 6.58. The molecule has 1 aliphatic rings. The summed E-state index contributed by atoms with van der Waals surface area (Å²) in [4.78, 5) is 12.4. The monoisotopic (exact) mass is 376 g/mol. The molecule has 2 aromatic heterocycles. The number of pyridine rings is 2. The number of nitrogens with two attached hydrogens (primary N) is 1. The van der Waals surface area contributed by atoms with Gasteiger partial charge in [-0.15, -0.1) is 0 Å². The molecule has 27 heavy (non-hydrogen) atoms. The number of aromatic nitrogens is 2. The molecule has 0 aliphatic carbocycles. The Bertz CT molecular complexity index is 974. The maximum absolute atomic E-state index is 9.12. The van der Waals surface area contributed by atoms with Gasteiger partial charge in [-0.2, -0.15) is 5.26 Å². The van der Waals surface area contributed by atoms with Crippen molar-refractivity contribution in [3.63, 3.8) is 0 Å². The van der Waals surface area contributed by atoms with Crippen molar-refractivity contribution in [1.29, 1.82) is 5.26 Å². The molecule has 0 atom stereocenters. The van der Waals surface area contributed by atoms with E-state index in [-0.39, 0.29) is 5.92 Å².